The van der Waals surface area contributed by atoms with E-state index in [-0.39, 0.29) is 18.2 Å². The lowest BCUT2D eigenvalue weighted by Crippen LogP contribution is -2.18. The Bertz CT molecular complexity index is 960. The molecular weight excluding hydrogens is 407 g/mol. The number of aliphatic hydroxyl groups excluding tert-OH is 1. The van der Waals surface area contributed by atoms with Gasteiger partial charge in [0.2, 0.25) is 10.0 Å². The molecular formula is C20H22F3NO4S. The minimum absolute atomic E-state index is 0.0969. The molecule has 0 bridgehead atoms. The maximum atomic E-state index is 12.2. The lowest BCUT2D eigenvalue weighted by atomic mass is 10.1. The summed E-state index contributed by atoms with van der Waals surface area (Å²) in [5, 5.41) is 9.40. The molecule has 0 aromatic heterocycles. The van der Waals surface area contributed by atoms with Crippen molar-refractivity contribution in [3.8, 4) is 11.5 Å². The summed E-state index contributed by atoms with van der Waals surface area (Å²) in [5.41, 5.74) is 2.35. The van der Waals surface area contributed by atoms with Gasteiger partial charge in [-0.25, -0.2) is 8.42 Å². The first kappa shape index (κ1) is 21.4. The topological polar surface area (TPSA) is 75.6 Å². The fourth-order valence-corrected chi connectivity index (χ4v) is 4.49. The van der Waals surface area contributed by atoms with Gasteiger partial charge in [-0.2, -0.15) is 13.2 Å². The maximum Gasteiger partial charge on any atom is 0.389 e. The van der Waals surface area contributed by atoms with E-state index in [9.17, 15) is 26.7 Å². The molecule has 9 heteroatoms. The first-order valence-electron chi connectivity index (χ1n) is 9.22. The number of sulfonamides is 1. The van der Waals surface area contributed by atoms with Crippen LogP contribution in [0.25, 0.3) is 0 Å². The van der Waals surface area contributed by atoms with E-state index >= 15 is 0 Å². The number of nitrogens with one attached hydrogen (secondary N) is 1. The third kappa shape index (κ3) is 6.11. The van der Waals surface area contributed by atoms with Gasteiger partial charge in [0.1, 0.15) is 11.5 Å². The first-order chi connectivity index (χ1) is 13.6. The van der Waals surface area contributed by atoms with Crippen LogP contribution in [0.3, 0.4) is 0 Å². The standard InChI is InChI=1S/C20H22F3NO4S/c21-20(22,23)8-3-9-29(26,27)24-16-5-2-6-17(12-16)28-19-7-1-4-15-10-14(13-25)11-18(15)19/h1-2,4-7,12,14,24-25H,3,8-11,13H2. The van der Waals surface area contributed by atoms with Crippen LogP contribution in [-0.2, 0) is 22.9 Å². The molecule has 2 aromatic carbocycles. The van der Waals surface area contributed by atoms with Crippen molar-refractivity contribution >= 4 is 15.7 Å². The quantitative estimate of drug-likeness (QED) is 0.657. The largest absolute Gasteiger partial charge is 0.457 e. The number of hydrogen-bond donors (Lipinski definition) is 2. The highest BCUT2D eigenvalue weighted by molar-refractivity contribution is 7.92. The average molecular weight is 429 g/mol. The lowest BCUT2D eigenvalue weighted by Gasteiger charge is -2.13. The number of aliphatic hydroxyl groups is 1. The molecule has 0 aliphatic heterocycles. The van der Waals surface area contributed by atoms with Crippen LogP contribution in [0, 0.1) is 5.92 Å². The van der Waals surface area contributed by atoms with E-state index in [0.717, 1.165) is 17.5 Å². The first-order valence-corrected chi connectivity index (χ1v) is 10.9. The minimum atomic E-state index is -4.38. The second-order valence-corrected chi connectivity index (χ2v) is 8.96. The molecule has 0 radical (unpaired) electrons. The summed E-state index contributed by atoms with van der Waals surface area (Å²) in [6.07, 6.45) is -4.55. The maximum absolute atomic E-state index is 12.2. The summed E-state index contributed by atoms with van der Waals surface area (Å²) in [4.78, 5) is 0. The summed E-state index contributed by atoms with van der Waals surface area (Å²) < 4.78 is 68.9. The van der Waals surface area contributed by atoms with Crippen LogP contribution >= 0.6 is 0 Å². The van der Waals surface area contributed by atoms with E-state index in [1.807, 2.05) is 18.2 Å². The molecule has 2 N–H and O–H groups in total. The number of alkyl halides is 3. The number of hydrogen-bond acceptors (Lipinski definition) is 4. The number of fused-ring (bicyclic) bond motifs is 1. The number of rotatable bonds is 8. The molecule has 0 amide bonds. The van der Waals surface area contributed by atoms with Crippen molar-refractivity contribution in [2.75, 3.05) is 17.1 Å². The molecule has 29 heavy (non-hydrogen) atoms. The zero-order chi connectivity index (χ0) is 21.1. The Kier molecular flexibility index (Phi) is 6.38. The van der Waals surface area contributed by atoms with Crippen LogP contribution in [0.1, 0.15) is 24.0 Å². The van der Waals surface area contributed by atoms with Crippen LogP contribution in [0.5, 0.6) is 11.5 Å². The second-order valence-electron chi connectivity index (χ2n) is 7.12. The monoisotopic (exact) mass is 429 g/mol. The van der Waals surface area contributed by atoms with Crippen molar-refractivity contribution in [3.63, 3.8) is 0 Å². The molecule has 0 saturated heterocycles. The lowest BCUT2D eigenvalue weighted by molar-refractivity contribution is -0.134. The van der Waals surface area contributed by atoms with Crippen LogP contribution in [0.2, 0.25) is 0 Å². The zero-order valence-electron chi connectivity index (χ0n) is 15.6. The smallest absolute Gasteiger partial charge is 0.389 e. The molecule has 1 aliphatic carbocycles. The third-order valence-electron chi connectivity index (χ3n) is 4.70. The predicted molar refractivity (Wildman–Crippen MR) is 104 cm³/mol. The summed E-state index contributed by atoms with van der Waals surface area (Å²) in [5.74, 6) is 0.585. The van der Waals surface area contributed by atoms with E-state index in [2.05, 4.69) is 4.72 Å². The van der Waals surface area contributed by atoms with Gasteiger partial charge in [0.05, 0.1) is 11.4 Å². The van der Waals surface area contributed by atoms with Crippen LogP contribution in [-0.4, -0.2) is 32.1 Å². The van der Waals surface area contributed by atoms with Crippen molar-refractivity contribution in [2.24, 2.45) is 5.92 Å². The van der Waals surface area contributed by atoms with E-state index in [1.54, 1.807) is 12.1 Å². The zero-order valence-corrected chi connectivity index (χ0v) is 16.4. The van der Waals surface area contributed by atoms with Crippen LogP contribution in [0.4, 0.5) is 18.9 Å². The number of benzene rings is 2. The van der Waals surface area contributed by atoms with Gasteiger partial charge in [0, 0.05) is 19.1 Å². The Morgan fingerprint density at radius 1 is 1.14 bits per heavy atom. The van der Waals surface area contributed by atoms with E-state index in [0.29, 0.717) is 17.9 Å². The third-order valence-corrected chi connectivity index (χ3v) is 6.07. The Morgan fingerprint density at radius 2 is 1.90 bits per heavy atom. The molecule has 158 valence electrons. The highest BCUT2D eigenvalue weighted by Crippen LogP contribution is 2.36. The van der Waals surface area contributed by atoms with Gasteiger partial charge < -0.3 is 9.84 Å². The van der Waals surface area contributed by atoms with Crippen molar-refractivity contribution < 1.29 is 31.4 Å². The normalized spacial score (nSPS) is 16.5. The van der Waals surface area contributed by atoms with Gasteiger partial charge in [0.15, 0.2) is 0 Å². The van der Waals surface area contributed by atoms with Gasteiger partial charge >= 0.3 is 6.18 Å². The molecule has 3 rings (SSSR count). The Hall–Kier alpha value is -2.26. The fourth-order valence-electron chi connectivity index (χ4n) is 3.37. The fraction of sp³-hybridized carbons (Fsp3) is 0.400. The highest BCUT2D eigenvalue weighted by atomic mass is 32.2. The van der Waals surface area contributed by atoms with Crippen molar-refractivity contribution in [1.82, 2.24) is 0 Å². The SMILES string of the molecule is O=S(=O)(CCCC(F)(F)F)Nc1cccc(Oc2cccc3c2CC(CO)C3)c1. The Morgan fingerprint density at radius 3 is 2.62 bits per heavy atom. The van der Waals surface area contributed by atoms with Gasteiger partial charge in [-0.1, -0.05) is 18.2 Å². The molecule has 0 fully saturated rings. The molecule has 0 spiro atoms. The van der Waals surface area contributed by atoms with Gasteiger partial charge in [-0.15, -0.1) is 0 Å². The predicted octanol–water partition coefficient (Wildman–Crippen LogP) is 4.27. The molecule has 1 atom stereocenters. The number of ether oxygens (including phenoxy) is 1. The van der Waals surface area contributed by atoms with Crippen molar-refractivity contribution in [3.05, 3.63) is 53.6 Å². The number of halogens is 3. The van der Waals surface area contributed by atoms with Crippen molar-refractivity contribution in [1.29, 1.82) is 0 Å². The number of anilines is 1. The second kappa shape index (κ2) is 8.62. The van der Waals surface area contributed by atoms with E-state index in [1.165, 1.54) is 12.1 Å². The summed E-state index contributed by atoms with van der Waals surface area (Å²) in [6.45, 7) is 0.0969. The molecule has 5 nitrogen and oxygen atoms in total. The van der Waals surface area contributed by atoms with Gasteiger partial charge in [-0.3, -0.25) is 4.72 Å². The molecule has 0 heterocycles. The summed E-state index contributed by atoms with van der Waals surface area (Å²) in [6, 6.07) is 11.9. The summed E-state index contributed by atoms with van der Waals surface area (Å²) >= 11 is 0. The minimum Gasteiger partial charge on any atom is -0.457 e. The molecule has 1 unspecified atom stereocenters. The molecule has 0 saturated carbocycles. The molecule has 1 aliphatic rings. The van der Waals surface area contributed by atoms with Gasteiger partial charge in [0.25, 0.3) is 0 Å². The highest BCUT2D eigenvalue weighted by Gasteiger charge is 2.27. The van der Waals surface area contributed by atoms with E-state index < -0.39 is 34.8 Å². The Labute approximate surface area is 167 Å². The van der Waals surface area contributed by atoms with Crippen LogP contribution < -0.4 is 9.46 Å². The molecule has 2 aromatic rings. The van der Waals surface area contributed by atoms with E-state index in [4.69, 9.17) is 4.74 Å². The average Bonchev–Trinajstić information content (AvgIpc) is 3.05. The van der Waals surface area contributed by atoms with Crippen LogP contribution in [0.15, 0.2) is 42.5 Å². The summed E-state index contributed by atoms with van der Waals surface area (Å²) in [7, 11) is -3.90. The Balaban J connectivity index is 1.68. The van der Waals surface area contributed by atoms with Crippen molar-refractivity contribution in [2.45, 2.75) is 31.9 Å². The van der Waals surface area contributed by atoms with Gasteiger partial charge in [-0.05, 0) is 54.5 Å².